The zero-order chi connectivity index (χ0) is 22.1. The monoisotopic (exact) mass is 454 g/mol. The first-order chi connectivity index (χ1) is 14.8. The third kappa shape index (κ3) is 4.30. The number of carbonyl (C=O) groups is 1. The van der Waals surface area contributed by atoms with Gasteiger partial charge in [-0.3, -0.25) is 14.9 Å². The molecule has 0 spiro atoms. The van der Waals surface area contributed by atoms with Gasteiger partial charge in [0.05, 0.1) is 4.92 Å². The van der Waals surface area contributed by atoms with E-state index in [1.54, 1.807) is 16.6 Å². The van der Waals surface area contributed by atoms with Gasteiger partial charge in [-0.25, -0.2) is 0 Å². The molecular formula is C20H15ClN6O3S. The van der Waals surface area contributed by atoms with E-state index >= 15 is 0 Å². The minimum absolute atomic E-state index is 0.0438. The number of aryl methyl sites for hydroxylation is 2. The van der Waals surface area contributed by atoms with Crippen molar-refractivity contribution >= 4 is 51.3 Å². The third-order valence-corrected chi connectivity index (χ3v) is 5.74. The van der Waals surface area contributed by atoms with Gasteiger partial charge in [-0.2, -0.15) is 9.61 Å². The van der Waals surface area contributed by atoms with Gasteiger partial charge in [0.2, 0.25) is 10.9 Å². The molecule has 0 unspecified atom stereocenters. The molecule has 4 rings (SSSR count). The van der Waals surface area contributed by atoms with E-state index in [4.69, 9.17) is 11.6 Å². The molecule has 2 aromatic carbocycles. The van der Waals surface area contributed by atoms with Gasteiger partial charge in [0.1, 0.15) is 10.0 Å². The van der Waals surface area contributed by atoms with Crippen LogP contribution in [0, 0.1) is 24.0 Å². The summed E-state index contributed by atoms with van der Waals surface area (Å²) in [7, 11) is 0. The summed E-state index contributed by atoms with van der Waals surface area (Å²) in [6.45, 7) is 3.72. The van der Waals surface area contributed by atoms with E-state index in [-0.39, 0.29) is 16.6 Å². The van der Waals surface area contributed by atoms with Crippen LogP contribution in [0.5, 0.6) is 0 Å². The van der Waals surface area contributed by atoms with Crippen LogP contribution in [0.2, 0.25) is 5.02 Å². The maximum absolute atomic E-state index is 12.3. The van der Waals surface area contributed by atoms with Gasteiger partial charge in [0, 0.05) is 23.4 Å². The highest BCUT2D eigenvalue weighted by Gasteiger charge is 2.13. The van der Waals surface area contributed by atoms with E-state index in [0.29, 0.717) is 11.3 Å². The summed E-state index contributed by atoms with van der Waals surface area (Å²) in [6.07, 6.45) is 2.80. The SMILES string of the molecule is Cc1cc(-c2nn3c(C)nnc3s2)ccc1NC(=O)C=Cc1ccc(Cl)c([N+](=O)[O-])c1. The van der Waals surface area contributed by atoms with E-state index in [1.807, 2.05) is 26.0 Å². The number of halogens is 1. The lowest BCUT2D eigenvalue weighted by Crippen LogP contribution is -2.09. The molecule has 4 aromatic rings. The molecule has 0 saturated heterocycles. The van der Waals surface area contributed by atoms with Crippen molar-refractivity contribution in [3.8, 4) is 10.6 Å². The lowest BCUT2D eigenvalue weighted by molar-refractivity contribution is -0.384. The van der Waals surface area contributed by atoms with Gasteiger partial charge >= 0.3 is 0 Å². The van der Waals surface area contributed by atoms with Crippen LogP contribution in [0.3, 0.4) is 0 Å². The Labute approximate surface area is 185 Å². The molecular weight excluding hydrogens is 440 g/mol. The topological polar surface area (TPSA) is 115 Å². The molecule has 0 aliphatic heterocycles. The average Bonchev–Trinajstić information content (AvgIpc) is 3.31. The number of aromatic nitrogens is 4. The number of nitrogens with one attached hydrogen (secondary N) is 1. The van der Waals surface area contributed by atoms with Crippen LogP contribution in [0.25, 0.3) is 21.6 Å². The van der Waals surface area contributed by atoms with Gasteiger partial charge in [-0.05, 0) is 55.3 Å². The fourth-order valence-electron chi connectivity index (χ4n) is 2.89. The smallest absolute Gasteiger partial charge is 0.288 e. The summed E-state index contributed by atoms with van der Waals surface area (Å²) in [6, 6.07) is 9.95. The molecule has 0 aliphatic rings. The van der Waals surface area contributed by atoms with Crippen molar-refractivity contribution in [2.45, 2.75) is 13.8 Å². The molecule has 0 saturated carbocycles. The van der Waals surface area contributed by atoms with Crippen molar-refractivity contribution in [2.75, 3.05) is 5.32 Å². The number of nitro groups is 1. The number of rotatable bonds is 5. The average molecular weight is 455 g/mol. The summed E-state index contributed by atoms with van der Waals surface area (Å²) < 4.78 is 1.69. The second-order valence-electron chi connectivity index (χ2n) is 6.67. The summed E-state index contributed by atoms with van der Waals surface area (Å²) in [4.78, 5) is 23.4. The maximum atomic E-state index is 12.3. The Morgan fingerprint density at radius 2 is 2.03 bits per heavy atom. The second-order valence-corrected chi connectivity index (χ2v) is 8.03. The van der Waals surface area contributed by atoms with Crippen molar-refractivity contribution < 1.29 is 9.72 Å². The van der Waals surface area contributed by atoms with Crippen molar-refractivity contribution in [1.82, 2.24) is 19.8 Å². The summed E-state index contributed by atoms with van der Waals surface area (Å²) in [5.41, 5.74) is 2.71. The standard InChI is InChI=1S/C20H15ClN6O3S/c1-11-9-14(19-25-26-12(2)23-24-20(26)31-19)5-7-16(11)22-18(28)8-4-13-3-6-15(21)17(10-13)27(29)30/h3-10H,1-2H3,(H,22,28). The minimum atomic E-state index is -0.567. The molecule has 2 aromatic heterocycles. The molecule has 9 nitrogen and oxygen atoms in total. The lowest BCUT2D eigenvalue weighted by Gasteiger charge is -2.08. The van der Waals surface area contributed by atoms with Crippen LogP contribution >= 0.6 is 22.9 Å². The fourth-order valence-corrected chi connectivity index (χ4v) is 3.96. The van der Waals surface area contributed by atoms with Crippen molar-refractivity contribution in [1.29, 1.82) is 0 Å². The van der Waals surface area contributed by atoms with Crippen LogP contribution in [-0.4, -0.2) is 30.6 Å². The fraction of sp³-hybridized carbons (Fsp3) is 0.100. The van der Waals surface area contributed by atoms with Crippen molar-refractivity contribution in [3.63, 3.8) is 0 Å². The van der Waals surface area contributed by atoms with E-state index < -0.39 is 4.92 Å². The number of nitro benzene ring substituents is 1. The molecule has 1 amide bonds. The number of anilines is 1. The number of amides is 1. The normalized spacial score (nSPS) is 11.3. The van der Waals surface area contributed by atoms with E-state index in [9.17, 15) is 14.9 Å². The first-order valence-electron chi connectivity index (χ1n) is 9.04. The Morgan fingerprint density at radius 1 is 1.23 bits per heavy atom. The summed E-state index contributed by atoms with van der Waals surface area (Å²) in [5, 5.41) is 27.2. The predicted molar refractivity (Wildman–Crippen MR) is 119 cm³/mol. The Morgan fingerprint density at radius 3 is 2.74 bits per heavy atom. The number of nitrogens with zero attached hydrogens (tertiary/aromatic N) is 5. The Hall–Kier alpha value is -3.63. The molecule has 0 radical (unpaired) electrons. The van der Waals surface area contributed by atoms with E-state index in [1.165, 1.54) is 35.6 Å². The highest BCUT2D eigenvalue weighted by Crippen LogP contribution is 2.29. The summed E-state index contributed by atoms with van der Waals surface area (Å²) in [5.74, 6) is 0.360. The van der Waals surface area contributed by atoms with Crippen LogP contribution in [0.1, 0.15) is 17.0 Å². The Balaban J connectivity index is 1.49. The van der Waals surface area contributed by atoms with E-state index in [0.717, 1.165) is 26.9 Å². The number of hydrogen-bond donors (Lipinski definition) is 1. The molecule has 0 aliphatic carbocycles. The largest absolute Gasteiger partial charge is 0.322 e. The van der Waals surface area contributed by atoms with Gasteiger partial charge in [0.25, 0.3) is 5.69 Å². The van der Waals surface area contributed by atoms with Crippen LogP contribution in [0.15, 0.2) is 42.5 Å². The molecule has 1 N–H and O–H groups in total. The molecule has 2 heterocycles. The van der Waals surface area contributed by atoms with Crippen molar-refractivity contribution in [3.05, 3.63) is 74.6 Å². The molecule has 11 heteroatoms. The minimum Gasteiger partial charge on any atom is -0.322 e. The quantitative estimate of drug-likeness (QED) is 0.266. The van der Waals surface area contributed by atoms with Crippen LogP contribution in [0.4, 0.5) is 11.4 Å². The first-order valence-corrected chi connectivity index (χ1v) is 10.2. The number of benzene rings is 2. The highest BCUT2D eigenvalue weighted by atomic mass is 35.5. The molecule has 0 bridgehead atoms. The van der Waals surface area contributed by atoms with Crippen LogP contribution in [-0.2, 0) is 4.79 Å². The molecule has 0 fully saturated rings. The van der Waals surface area contributed by atoms with Gasteiger partial charge in [-0.15, -0.1) is 10.2 Å². The van der Waals surface area contributed by atoms with Crippen molar-refractivity contribution in [2.24, 2.45) is 0 Å². The number of hydrogen-bond acceptors (Lipinski definition) is 7. The van der Waals surface area contributed by atoms with Gasteiger partial charge in [-0.1, -0.05) is 29.0 Å². The Bertz CT molecular complexity index is 1360. The maximum Gasteiger partial charge on any atom is 0.288 e. The third-order valence-electron chi connectivity index (χ3n) is 4.47. The second kappa shape index (κ2) is 8.25. The predicted octanol–water partition coefficient (Wildman–Crippen LogP) is 4.68. The first kappa shape index (κ1) is 20.6. The number of carbonyl (C=O) groups excluding carboxylic acids is 1. The zero-order valence-corrected chi connectivity index (χ0v) is 17.9. The lowest BCUT2D eigenvalue weighted by atomic mass is 10.1. The summed E-state index contributed by atoms with van der Waals surface area (Å²) >= 11 is 7.24. The van der Waals surface area contributed by atoms with Gasteiger partial charge in [0.15, 0.2) is 5.82 Å². The molecule has 0 atom stereocenters. The van der Waals surface area contributed by atoms with E-state index in [2.05, 4.69) is 20.6 Å². The van der Waals surface area contributed by atoms with Crippen LogP contribution < -0.4 is 5.32 Å². The molecule has 31 heavy (non-hydrogen) atoms. The highest BCUT2D eigenvalue weighted by molar-refractivity contribution is 7.19. The van der Waals surface area contributed by atoms with Gasteiger partial charge < -0.3 is 5.32 Å². The Kier molecular flexibility index (Phi) is 5.49. The number of fused-ring (bicyclic) bond motifs is 1. The molecule has 156 valence electrons. The zero-order valence-electron chi connectivity index (χ0n) is 16.4.